The molecule has 2 rings (SSSR count). The summed E-state index contributed by atoms with van der Waals surface area (Å²) in [5, 5.41) is 10.4. The molecule has 0 aliphatic rings. The van der Waals surface area contributed by atoms with Gasteiger partial charge >= 0.3 is 0 Å². The Kier molecular flexibility index (Phi) is 3.50. The summed E-state index contributed by atoms with van der Waals surface area (Å²) in [6.07, 6.45) is -0.608. The second-order valence-corrected chi connectivity index (χ2v) is 5.32. The average molecular weight is 248 g/mol. The Morgan fingerprint density at radius 2 is 1.94 bits per heavy atom. The summed E-state index contributed by atoms with van der Waals surface area (Å²) >= 11 is 1.63. The van der Waals surface area contributed by atoms with Gasteiger partial charge in [-0.2, -0.15) is 0 Å². The lowest BCUT2D eigenvalue weighted by atomic mass is 10.1. The highest BCUT2D eigenvalue weighted by molar-refractivity contribution is 7.12. The third-order valence-electron chi connectivity index (χ3n) is 2.89. The summed E-state index contributed by atoms with van der Waals surface area (Å²) in [4.78, 5) is 2.21. The van der Waals surface area contributed by atoms with Gasteiger partial charge in [0.1, 0.15) is 11.9 Å². The van der Waals surface area contributed by atoms with Crippen molar-refractivity contribution in [2.75, 3.05) is 7.11 Å². The van der Waals surface area contributed by atoms with Gasteiger partial charge in [0.05, 0.1) is 7.11 Å². The molecule has 0 fully saturated rings. The summed E-state index contributed by atoms with van der Waals surface area (Å²) in [5.74, 6) is 0.726. The third kappa shape index (κ3) is 2.35. The highest BCUT2D eigenvalue weighted by Gasteiger charge is 2.17. The molecule has 0 aliphatic heterocycles. The van der Waals surface area contributed by atoms with Crippen molar-refractivity contribution in [2.45, 2.75) is 20.0 Å². The first-order valence-corrected chi connectivity index (χ1v) is 6.33. The first-order chi connectivity index (χ1) is 8.13. The van der Waals surface area contributed by atoms with E-state index >= 15 is 0 Å². The van der Waals surface area contributed by atoms with E-state index in [0.717, 1.165) is 16.2 Å². The summed E-state index contributed by atoms with van der Waals surface area (Å²) in [6.45, 7) is 4.13. The normalized spacial score (nSPS) is 12.5. The van der Waals surface area contributed by atoms with E-state index in [1.54, 1.807) is 18.4 Å². The molecule has 3 heteroatoms. The van der Waals surface area contributed by atoms with Gasteiger partial charge in [0, 0.05) is 15.3 Å². The van der Waals surface area contributed by atoms with E-state index in [9.17, 15) is 5.11 Å². The minimum atomic E-state index is -0.608. The standard InChI is InChI=1S/C14H16O2S/c1-9-8-13(17-10(9)2)14(15)11-6-4-5-7-12(11)16-3/h4-8,14-15H,1-3H3. The Morgan fingerprint density at radius 1 is 1.24 bits per heavy atom. The Bertz CT molecular complexity index is 497. The topological polar surface area (TPSA) is 29.5 Å². The predicted molar refractivity (Wildman–Crippen MR) is 70.8 cm³/mol. The molecule has 1 aromatic heterocycles. The Hall–Kier alpha value is -1.32. The van der Waals surface area contributed by atoms with Crippen molar-refractivity contribution in [2.24, 2.45) is 0 Å². The van der Waals surface area contributed by atoms with Gasteiger partial charge in [-0.1, -0.05) is 18.2 Å². The SMILES string of the molecule is COc1ccccc1C(O)c1cc(C)c(C)s1. The molecule has 0 saturated heterocycles. The van der Waals surface area contributed by atoms with Crippen molar-refractivity contribution in [1.82, 2.24) is 0 Å². The van der Waals surface area contributed by atoms with Gasteiger partial charge in [0.2, 0.25) is 0 Å². The van der Waals surface area contributed by atoms with E-state index in [4.69, 9.17) is 4.74 Å². The molecule has 90 valence electrons. The summed E-state index contributed by atoms with van der Waals surface area (Å²) in [5.41, 5.74) is 2.04. The van der Waals surface area contributed by atoms with E-state index < -0.39 is 6.10 Å². The minimum absolute atomic E-state index is 0.608. The molecule has 0 spiro atoms. The zero-order chi connectivity index (χ0) is 12.4. The van der Waals surface area contributed by atoms with Crippen LogP contribution in [0.3, 0.4) is 0 Å². The number of aliphatic hydroxyl groups is 1. The van der Waals surface area contributed by atoms with E-state index in [-0.39, 0.29) is 0 Å². The van der Waals surface area contributed by atoms with Crippen LogP contribution in [0.25, 0.3) is 0 Å². The van der Waals surface area contributed by atoms with Crippen LogP contribution in [0.4, 0.5) is 0 Å². The molecule has 2 aromatic rings. The fourth-order valence-electron chi connectivity index (χ4n) is 1.78. The van der Waals surface area contributed by atoms with E-state index in [2.05, 4.69) is 13.8 Å². The van der Waals surface area contributed by atoms with Gasteiger partial charge in [0.15, 0.2) is 0 Å². The lowest BCUT2D eigenvalue weighted by Gasteiger charge is -2.13. The average Bonchev–Trinajstić information content (AvgIpc) is 2.68. The largest absolute Gasteiger partial charge is 0.496 e. The number of hydrogen-bond donors (Lipinski definition) is 1. The molecular formula is C14H16O2S. The van der Waals surface area contributed by atoms with Gasteiger partial charge < -0.3 is 9.84 Å². The molecule has 0 aliphatic carbocycles. The molecule has 1 unspecified atom stereocenters. The molecule has 1 N–H and O–H groups in total. The van der Waals surface area contributed by atoms with Crippen LogP contribution in [0.2, 0.25) is 0 Å². The van der Waals surface area contributed by atoms with Crippen molar-refractivity contribution >= 4 is 11.3 Å². The number of thiophene rings is 1. The van der Waals surface area contributed by atoms with Crippen molar-refractivity contribution < 1.29 is 9.84 Å². The smallest absolute Gasteiger partial charge is 0.125 e. The number of hydrogen-bond acceptors (Lipinski definition) is 3. The number of aryl methyl sites for hydroxylation is 2. The fraction of sp³-hybridized carbons (Fsp3) is 0.286. The second kappa shape index (κ2) is 4.90. The van der Waals surface area contributed by atoms with Crippen LogP contribution in [0.15, 0.2) is 30.3 Å². The molecule has 0 amide bonds. The van der Waals surface area contributed by atoms with Gasteiger partial charge in [-0.25, -0.2) is 0 Å². The maximum Gasteiger partial charge on any atom is 0.125 e. The zero-order valence-corrected chi connectivity index (χ0v) is 11.0. The van der Waals surface area contributed by atoms with Crippen LogP contribution in [-0.2, 0) is 0 Å². The summed E-state index contributed by atoms with van der Waals surface area (Å²) < 4.78 is 5.27. The van der Waals surface area contributed by atoms with Crippen LogP contribution in [-0.4, -0.2) is 12.2 Å². The molecule has 1 aromatic carbocycles. The first kappa shape index (κ1) is 12.1. The summed E-state index contributed by atoms with van der Waals surface area (Å²) in [6, 6.07) is 9.62. The molecule has 0 saturated carbocycles. The predicted octanol–water partition coefficient (Wildman–Crippen LogP) is 3.46. The van der Waals surface area contributed by atoms with E-state index in [0.29, 0.717) is 0 Å². The number of rotatable bonds is 3. The van der Waals surface area contributed by atoms with Crippen molar-refractivity contribution in [3.05, 3.63) is 51.2 Å². The maximum absolute atomic E-state index is 10.4. The first-order valence-electron chi connectivity index (χ1n) is 5.51. The van der Waals surface area contributed by atoms with E-state index in [1.807, 2.05) is 30.3 Å². The Morgan fingerprint density at radius 3 is 2.53 bits per heavy atom. The maximum atomic E-state index is 10.4. The van der Waals surface area contributed by atoms with Crippen LogP contribution in [0.1, 0.15) is 27.0 Å². The van der Waals surface area contributed by atoms with Gasteiger partial charge in [0.25, 0.3) is 0 Å². The molecular weight excluding hydrogens is 232 g/mol. The van der Waals surface area contributed by atoms with Gasteiger partial charge in [-0.05, 0) is 31.5 Å². The quantitative estimate of drug-likeness (QED) is 0.901. The molecule has 2 nitrogen and oxygen atoms in total. The molecule has 1 heterocycles. The number of methoxy groups -OCH3 is 1. The third-order valence-corrected chi connectivity index (χ3v) is 4.09. The number of ether oxygens (including phenoxy) is 1. The number of benzene rings is 1. The van der Waals surface area contributed by atoms with E-state index in [1.165, 1.54) is 10.4 Å². The molecule has 1 atom stereocenters. The van der Waals surface area contributed by atoms with Crippen LogP contribution in [0, 0.1) is 13.8 Å². The van der Waals surface area contributed by atoms with Crippen LogP contribution < -0.4 is 4.74 Å². The molecule has 17 heavy (non-hydrogen) atoms. The van der Waals surface area contributed by atoms with Gasteiger partial charge in [-0.3, -0.25) is 0 Å². The monoisotopic (exact) mass is 248 g/mol. The minimum Gasteiger partial charge on any atom is -0.496 e. The van der Waals surface area contributed by atoms with Gasteiger partial charge in [-0.15, -0.1) is 11.3 Å². The second-order valence-electron chi connectivity index (χ2n) is 4.03. The van der Waals surface area contributed by atoms with Crippen molar-refractivity contribution in [1.29, 1.82) is 0 Å². The van der Waals surface area contributed by atoms with Crippen molar-refractivity contribution in [3.8, 4) is 5.75 Å². The highest BCUT2D eigenvalue weighted by Crippen LogP contribution is 2.34. The van der Waals surface area contributed by atoms with Crippen LogP contribution in [0.5, 0.6) is 5.75 Å². The van der Waals surface area contributed by atoms with Crippen molar-refractivity contribution in [3.63, 3.8) is 0 Å². The molecule has 0 bridgehead atoms. The Balaban J connectivity index is 2.39. The zero-order valence-electron chi connectivity index (χ0n) is 10.2. The molecule has 0 radical (unpaired) electrons. The highest BCUT2D eigenvalue weighted by atomic mass is 32.1. The lowest BCUT2D eigenvalue weighted by molar-refractivity contribution is 0.218. The summed E-state index contributed by atoms with van der Waals surface area (Å²) in [7, 11) is 1.62. The fourth-order valence-corrected chi connectivity index (χ4v) is 2.83. The Labute approximate surface area is 105 Å². The lowest BCUT2D eigenvalue weighted by Crippen LogP contribution is -2.00. The number of para-hydroxylation sites is 1. The van der Waals surface area contributed by atoms with Crippen LogP contribution >= 0.6 is 11.3 Å². The number of aliphatic hydroxyl groups excluding tert-OH is 1.